The smallest absolute Gasteiger partial charge is 0.148 e. The minimum atomic E-state index is 0.00972. The molecule has 0 saturated heterocycles. The van der Waals surface area contributed by atoms with E-state index in [0.717, 1.165) is 45.1 Å². The van der Waals surface area contributed by atoms with E-state index in [9.17, 15) is 5.26 Å². The summed E-state index contributed by atoms with van der Waals surface area (Å²) in [5.41, 5.74) is 4.57. The quantitative estimate of drug-likeness (QED) is 0.514. The van der Waals surface area contributed by atoms with E-state index in [4.69, 9.17) is 4.74 Å². The Bertz CT molecular complexity index is 916. The van der Waals surface area contributed by atoms with Gasteiger partial charge in [0.2, 0.25) is 0 Å². The molecule has 0 saturated carbocycles. The highest BCUT2D eigenvalue weighted by Crippen LogP contribution is 2.34. The molecule has 0 amide bonds. The molecule has 0 unspecified atom stereocenters. The van der Waals surface area contributed by atoms with Gasteiger partial charge in [0.25, 0.3) is 0 Å². The van der Waals surface area contributed by atoms with Crippen LogP contribution >= 0.6 is 11.3 Å². The molecule has 0 aliphatic heterocycles. The van der Waals surface area contributed by atoms with Crippen LogP contribution in [0.1, 0.15) is 51.1 Å². The number of allylic oxidation sites excluding steroid dienone is 4. The summed E-state index contributed by atoms with van der Waals surface area (Å²) in [6.45, 7) is 16.2. The van der Waals surface area contributed by atoms with Gasteiger partial charge in [-0.2, -0.15) is 5.26 Å². The zero-order chi connectivity index (χ0) is 20.0. The van der Waals surface area contributed by atoms with Crippen molar-refractivity contribution in [3.8, 4) is 22.4 Å². The highest BCUT2D eigenvalue weighted by atomic mass is 32.1. The number of nitriles is 1. The van der Waals surface area contributed by atoms with Gasteiger partial charge >= 0.3 is 0 Å². The first-order valence-electron chi connectivity index (χ1n) is 9.03. The Morgan fingerprint density at radius 1 is 1.30 bits per heavy atom. The predicted octanol–water partition coefficient (Wildman–Crippen LogP) is 6.18. The lowest BCUT2D eigenvalue weighted by atomic mass is 9.97. The second kappa shape index (κ2) is 9.29. The summed E-state index contributed by atoms with van der Waals surface area (Å²) in [6, 6.07) is 7.72. The molecule has 140 valence electrons. The van der Waals surface area contributed by atoms with Crippen LogP contribution in [-0.2, 0) is 0 Å². The molecule has 1 heterocycles. The number of hydrogen-bond acceptors (Lipinski definition) is 5. The topological polar surface area (TPSA) is 58.8 Å². The third-order valence-electron chi connectivity index (χ3n) is 4.10. The lowest BCUT2D eigenvalue weighted by molar-refractivity contribution is 0.242. The lowest BCUT2D eigenvalue weighted by Crippen LogP contribution is -2.06. The predicted molar refractivity (Wildman–Crippen MR) is 113 cm³/mol. The van der Waals surface area contributed by atoms with Crippen molar-refractivity contribution < 1.29 is 4.74 Å². The first-order valence-corrected chi connectivity index (χ1v) is 9.85. The van der Waals surface area contributed by atoms with Crippen molar-refractivity contribution in [3.63, 3.8) is 0 Å². The van der Waals surface area contributed by atoms with Crippen LogP contribution in [0.5, 0.6) is 5.75 Å². The van der Waals surface area contributed by atoms with Gasteiger partial charge in [0.1, 0.15) is 21.8 Å². The highest BCUT2D eigenvalue weighted by molar-refractivity contribution is 7.15. The van der Waals surface area contributed by atoms with Gasteiger partial charge in [-0.05, 0) is 50.5 Å². The van der Waals surface area contributed by atoms with Crippen molar-refractivity contribution in [2.24, 2.45) is 0 Å². The number of rotatable bonds is 8. The Morgan fingerprint density at radius 2 is 2.04 bits per heavy atom. The van der Waals surface area contributed by atoms with Gasteiger partial charge in [-0.15, -0.1) is 10.2 Å². The summed E-state index contributed by atoms with van der Waals surface area (Å²) in [6.07, 6.45) is 3.58. The van der Waals surface area contributed by atoms with E-state index in [0.29, 0.717) is 11.3 Å². The fourth-order valence-electron chi connectivity index (χ4n) is 2.74. The molecule has 0 radical (unpaired) electrons. The van der Waals surface area contributed by atoms with Crippen LogP contribution in [0.25, 0.3) is 16.1 Å². The molecule has 1 aromatic heterocycles. The standard InChI is InChI=1S/C22H25N3OS/c1-7-15(6)18(8-2)19(9-3)22-25-24-21(27-22)16-10-11-20(26-14(4)5)17(12-16)13-23/h9-12,14H,3,6-8H2,1-2,4-5H3/b19-18+. The second-order valence-electron chi connectivity index (χ2n) is 6.31. The maximum Gasteiger partial charge on any atom is 0.148 e. The van der Waals surface area contributed by atoms with Gasteiger partial charge in [0.15, 0.2) is 0 Å². The van der Waals surface area contributed by atoms with Gasteiger partial charge in [-0.25, -0.2) is 0 Å². The number of hydrogen-bond donors (Lipinski definition) is 0. The molecule has 5 heteroatoms. The van der Waals surface area contributed by atoms with Crippen molar-refractivity contribution in [1.29, 1.82) is 5.26 Å². The summed E-state index contributed by atoms with van der Waals surface area (Å²) >= 11 is 1.49. The van der Waals surface area contributed by atoms with Crippen LogP contribution in [0.3, 0.4) is 0 Å². The van der Waals surface area contributed by atoms with E-state index in [2.05, 4.69) is 43.3 Å². The molecule has 0 bridgehead atoms. The largest absolute Gasteiger partial charge is 0.490 e. The molecule has 4 nitrogen and oxygen atoms in total. The molecule has 0 atom stereocenters. The number of benzene rings is 1. The molecular weight excluding hydrogens is 354 g/mol. The summed E-state index contributed by atoms with van der Waals surface area (Å²) in [5, 5.41) is 19.7. The highest BCUT2D eigenvalue weighted by Gasteiger charge is 2.15. The SMILES string of the molecule is C=C/C(=C(/CC)C(=C)CC)c1nnc(-c2ccc(OC(C)C)c(C#N)c2)s1. The molecule has 27 heavy (non-hydrogen) atoms. The van der Waals surface area contributed by atoms with Crippen LogP contribution < -0.4 is 4.74 Å². The van der Waals surface area contributed by atoms with Crippen LogP contribution in [0.15, 0.2) is 48.6 Å². The van der Waals surface area contributed by atoms with Crippen molar-refractivity contribution in [1.82, 2.24) is 10.2 Å². The maximum absolute atomic E-state index is 9.43. The molecule has 0 aliphatic carbocycles. The average Bonchev–Trinajstić information content (AvgIpc) is 3.14. The fraction of sp³-hybridized carbons (Fsp3) is 0.318. The molecule has 0 N–H and O–H groups in total. The molecule has 0 aliphatic rings. The van der Waals surface area contributed by atoms with Gasteiger partial charge in [-0.3, -0.25) is 0 Å². The monoisotopic (exact) mass is 379 g/mol. The lowest BCUT2D eigenvalue weighted by Gasteiger charge is -2.11. The molecule has 2 aromatic rings. The van der Waals surface area contributed by atoms with Crippen molar-refractivity contribution >= 4 is 16.9 Å². The van der Waals surface area contributed by atoms with E-state index in [1.807, 2.05) is 32.1 Å². The van der Waals surface area contributed by atoms with Gasteiger partial charge in [0, 0.05) is 11.1 Å². The normalized spacial score (nSPS) is 11.7. The fourth-order valence-corrected chi connectivity index (χ4v) is 3.65. The Hall–Kier alpha value is -2.71. The van der Waals surface area contributed by atoms with Crippen LogP contribution in [-0.4, -0.2) is 16.3 Å². The number of nitrogens with zero attached hydrogens (tertiary/aromatic N) is 3. The molecular formula is C22H25N3OS. The maximum atomic E-state index is 9.43. The molecule has 0 fully saturated rings. The Labute approximate surface area is 165 Å². The molecule has 2 rings (SSSR count). The zero-order valence-electron chi connectivity index (χ0n) is 16.4. The Kier molecular flexibility index (Phi) is 7.09. The van der Waals surface area contributed by atoms with Gasteiger partial charge < -0.3 is 4.74 Å². The Morgan fingerprint density at radius 3 is 2.59 bits per heavy atom. The third-order valence-corrected chi connectivity index (χ3v) is 5.11. The average molecular weight is 380 g/mol. The summed E-state index contributed by atoms with van der Waals surface area (Å²) < 4.78 is 5.69. The van der Waals surface area contributed by atoms with Crippen molar-refractivity contribution in [3.05, 3.63) is 59.2 Å². The second-order valence-corrected chi connectivity index (χ2v) is 7.29. The summed E-state index contributed by atoms with van der Waals surface area (Å²) in [5.74, 6) is 0.583. The summed E-state index contributed by atoms with van der Waals surface area (Å²) in [4.78, 5) is 0. The van der Waals surface area contributed by atoms with E-state index < -0.39 is 0 Å². The van der Waals surface area contributed by atoms with E-state index in [-0.39, 0.29) is 6.10 Å². The molecule has 0 spiro atoms. The number of aromatic nitrogens is 2. The number of ether oxygens (including phenoxy) is 1. The van der Waals surface area contributed by atoms with Crippen LogP contribution in [0.4, 0.5) is 0 Å². The van der Waals surface area contributed by atoms with E-state index in [1.165, 1.54) is 11.3 Å². The molecule has 1 aromatic carbocycles. The first kappa shape index (κ1) is 20.6. The van der Waals surface area contributed by atoms with E-state index in [1.54, 1.807) is 6.07 Å². The third kappa shape index (κ3) is 4.72. The minimum absolute atomic E-state index is 0.00972. The zero-order valence-corrected chi connectivity index (χ0v) is 17.2. The van der Waals surface area contributed by atoms with Crippen molar-refractivity contribution in [2.45, 2.75) is 46.6 Å². The summed E-state index contributed by atoms with van der Waals surface area (Å²) in [7, 11) is 0. The first-order chi connectivity index (χ1) is 12.9. The van der Waals surface area contributed by atoms with E-state index >= 15 is 0 Å². The van der Waals surface area contributed by atoms with Crippen LogP contribution in [0.2, 0.25) is 0 Å². The van der Waals surface area contributed by atoms with Gasteiger partial charge in [0.05, 0.1) is 11.7 Å². The van der Waals surface area contributed by atoms with Gasteiger partial charge in [-0.1, -0.05) is 50.0 Å². The minimum Gasteiger partial charge on any atom is -0.490 e. The Balaban J connectivity index is 2.45. The van der Waals surface area contributed by atoms with Crippen molar-refractivity contribution in [2.75, 3.05) is 0 Å². The van der Waals surface area contributed by atoms with Crippen LogP contribution in [0, 0.1) is 11.3 Å².